The van der Waals surface area contributed by atoms with E-state index in [2.05, 4.69) is 0 Å². The van der Waals surface area contributed by atoms with Crippen LogP contribution in [0.2, 0.25) is 0 Å². The van der Waals surface area contributed by atoms with Crippen molar-refractivity contribution in [3.8, 4) is 0 Å². The molecule has 5 unspecified atom stereocenters. The molecule has 5 rings (SSSR count). The molecule has 124 valence electrons. The summed E-state index contributed by atoms with van der Waals surface area (Å²) in [7, 11) is 0. The molecule has 2 nitrogen and oxygen atoms in total. The molecule has 4 aliphatic carbocycles. The standard InChI is InChI=1S/C18H20F3NO/c19-18(20,21)8-13-11-6-16(12-4-2-1-3-5-12)9-14(13)17(7-11,10-16)15(22)23/h1-5,11,13-14H,6-10H2,(H2,22,23). The molecule has 1 amide bonds. The lowest BCUT2D eigenvalue weighted by Crippen LogP contribution is -2.41. The van der Waals surface area contributed by atoms with Gasteiger partial charge in [0.15, 0.2) is 0 Å². The molecular formula is C18H20F3NO. The van der Waals surface area contributed by atoms with Crippen LogP contribution in [-0.2, 0) is 10.2 Å². The summed E-state index contributed by atoms with van der Waals surface area (Å²) in [5.74, 6) is -1.10. The van der Waals surface area contributed by atoms with Gasteiger partial charge in [-0.1, -0.05) is 30.3 Å². The molecule has 4 fully saturated rings. The van der Waals surface area contributed by atoms with E-state index >= 15 is 0 Å². The molecule has 0 radical (unpaired) electrons. The van der Waals surface area contributed by atoms with E-state index in [9.17, 15) is 18.0 Å². The van der Waals surface area contributed by atoms with Crippen LogP contribution in [0.5, 0.6) is 0 Å². The SMILES string of the molecule is NC(=O)C12CC3CC(c4ccccc4)(CC1C3CC(F)(F)F)C2. The van der Waals surface area contributed by atoms with Crippen molar-refractivity contribution >= 4 is 5.91 Å². The van der Waals surface area contributed by atoms with Crippen molar-refractivity contribution < 1.29 is 18.0 Å². The number of halogens is 3. The summed E-state index contributed by atoms with van der Waals surface area (Å²) in [6, 6.07) is 9.94. The highest BCUT2D eigenvalue weighted by Crippen LogP contribution is 2.73. The minimum absolute atomic E-state index is 0.0446. The topological polar surface area (TPSA) is 43.1 Å². The number of carbonyl (C=O) groups excluding carboxylic acids is 1. The number of alkyl halides is 3. The molecule has 1 aromatic rings. The van der Waals surface area contributed by atoms with E-state index in [1.165, 1.54) is 0 Å². The van der Waals surface area contributed by atoms with Crippen molar-refractivity contribution in [3.63, 3.8) is 0 Å². The Kier molecular flexibility index (Phi) is 2.95. The van der Waals surface area contributed by atoms with Crippen molar-refractivity contribution in [2.24, 2.45) is 28.9 Å². The van der Waals surface area contributed by atoms with Gasteiger partial charge >= 0.3 is 6.18 Å². The van der Waals surface area contributed by atoms with Crippen LogP contribution < -0.4 is 5.73 Å². The van der Waals surface area contributed by atoms with Gasteiger partial charge in [0.05, 0.1) is 5.41 Å². The molecule has 5 heteroatoms. The van der Waals surface area contributed by atoms with Crippen molar-refractivity contribution in [1.82, 2.24) is 0 Å². The molecule has 4 bridgehead atoms. The van der Waals surface area contributed by atoms with Gasteiger partial charge in [-0.25, -0.2) is 0 Å². The lowest BCUT2D eigenvalue weighted by Gasteiger charge is -2.43. The Bertz CT molecular complexity index is 643. The van der Waals surface area contributed by atoms with Gasteiger partial charge in [-0.05, 0) is 54.4 Å². The second kappa shape index (κ2) is 4.52. The van der Waals surface area contributed by atoms with Gasteiger partial charge in [-0.2, -0.15) is 13.2 Å². The van der Waals surface area contributed by atoms with Crippen LogP contribution >= 0.6 is 0 Å². The first kappa shape index (κ1) is 15.0. The van der Waals surface area contributed by atoms with E-state index in [1.807, 2.05) is 30.3 Å². The first-order valence-electron chi connectivity index (χ1n) is 8.18. The Morgan fingerprint density at radius 1 is 1.17 bits per heavy atom. The van der Waals surface area contributed by atoms with Crippen LogP contribution in [0.15, 0.2) is 30.3 Å². The Morgan fingerprint density at radius 3 is 2.48 bits per heavy atom. The highest BCUT2D eigenvalue weighted by molar-refractivity contribution is 5.83. The lowest BCUT2D eigenvalue weighted by atomic mass is 9.61. The molecule has 0 spiro atoms. The van der Waals surface area contributed by atoms with Crippen molar-refractivity contribution in [3.05, 3.63) is 35.9 Å². The van der Waals surface area contributed by atoms with E-state index in [0.29, 0.717) is 19.3 Å². The highest BCUT2D eigenvalue weighted by Gasteiger charge is 2.71. The Morgan fingerprint density at radius 2 is 1.87 bits per heavy atom. The number of primary amides is 1. The van der Waals surface area contributed by atoms with Crippen LogP contribution in [0.25, 0.3) is 0 Å². The second-order valence-corrected chi connectivity index (χ2v) is 7.81. The molecule has 0 aromatic heterocycles. The Hall–Kier alpha value is -1.52. The molecular weight excluding hydrogens is 303 g/mol. The van der Waals surface area contributed by atoms with Gasteiger partial charge in [0.1, 0.15) is 0 Å². The van der Waals surface area contributed by atoms with Gasteiger partial charge in [0.2, 0.25) is 5.91 Å². The first-order valence-corrected chi connectivity index (χ1v) is 8.18. The maximum atomic E-state index is 13.0. The Labute approximate surface area is 133 Å². The summed E-state index contributed by atoms with van der Waals surface area (Å²) in [4.78, 5) is 12.2. The average Bonchev–Trinajstić information content (AvgIpc) is 2.85. The fourth-order valence-electron chi connectivity index (χ4n) is 6.11. The number of hydrogen-bond acceptors (Lipinski definition) is 1. The predicted octanol–water partition coefficient (Wildman–Crippen LogP) is 3.80. The largest absolute Gasteiger partial charge is 0.389 e. The monoisotopic (exact) mass is 323 g/mol. The number of nitrogens with two attached hydrogens (primary N) is 1. The minimum atomic E-state index is -4.17. The van der Waals surface area contributed by atoms with Crippen molar-refractivity contribution in [2.75, 3.05) is 0 Å². The normalized spacial score (nSPS) is 41.4. The maximum Gasteiger partial charge on any atom is 0.389 e. The van der Waals surface area contributed by atoms with Gasteiger partial charge < -0.3 is 5.73 Å². The summed E-state index contributed by atoms with van der Waals surface area (Å²) in [5, 5.41) is 0. The summed E-state index contributed by atoms with van der Waals surface area (Å²) in [6.45, 7) is 0. The van der Waals surface area contributed by atoms with Gasteiger partial charge in [-0.15, -0.1) is 0 Å². The average molecular weight is 323 g/mol. The molecule has 0 aliphatic heterocycles. The maximum absolute atomic E-state index is 13.0. The predicted molar refractivity (Wildman–Crippen MR) is 79.4 cm³/mol. The zero-order valence-corrected chi connectivity index (χ0v) is 12.8. The van der Waals surface area contributed by atoms with Gasteiger partial charge in [0.25, 0.3) is 0 Å². The molecule has 4 aliphatic rings. The van der Waals surface area contributed by atoms with Crippen LogP contribution in [-0.4, -0.2) is 12.1 Å². The van der Waals surface area contributed by atoms with Crippen LogP contribution in [0.3, 0.4) is 0 Å². The third-order valence-corrected chi connectivity index (χ3v) is 6.72. The summed E-state index contributed by atoms with van der Waals surface area (Å²) >= 11 is 0. The fraction of sp³-hybridized carbons (Fsp3) is 0.611. The lowest BCUT2D eigenvalue weighted by molar-refractivity contribution is -0.154. The molecule has 0 heterocycles. The number of carbonyl (C=O) groups is 1. The summed E-state index contributed by atoms with van der Waals surface area (Å²) in [6.07, 6.45) is -2.37. The van der Waals surface area contributed by atoms with Crippen LogP contribution in [0.4, 0.5) is 13.2 Å². The number of amides is 1. The molecule has 5 atom stereocenters. The highest BCUT2D eigenvalue weighted by atomic mass is 19.4. The zero-order chi connectivity index (χ0) is 16.5. The van der Waals surface area contributed by atoms with Gasteiger partial charge in [-0.3, -0.25) is 4.79 Å². The third-order valence-electron chi connectivity index (χ3n) is 6.72. The second-order valence-electron chi connectivity index (χ2n) is 7.81. The molecule has 2 N–H and O–H groups in total. The number of benzene rings is 1. The molecule has 0 saturated heterocycles. The van der Waals surface area contributed by atoms with Crippen molar-refractivity contribution in [1.29, 1.82) is 0 Å². The number of hydrogen-bond donors (Lipinski definition) is 1. The molecule has 23 heavy (non-hydrogen) atoms. The molecule has 4 saturated carbocycles. The smallest absolute Gasteiger partial charge is 0.369 e. The van der Waals surface area contributed by atoms with E-state index in [0.717, 1.165) is 12.0 Å². The van der Waals surface area contributed by atoms with E-state index < -0.39 is 29.8 Å². The zero-order valence-electron chi connectivity index (χ0n) is 12.8. The van der Waals surface area contributed by atoms with E-state index in [1.54, 1.807) is 0 Å². The van der Waals surface area contributed by atoms with E-state index in [-0.39, 0.29) is 17.3 Å². The third kappa shape index (κ3) is 2.05. The van der Waals surface area contributed by atoms with Crippen LogP contribution in [0.1, 0.15) is 37.7 Å². The van der Waals surface area contributed by atoms with Crippen molar-refractivity contribution in [2.45, 2.75) is 43.7 Å². The minimum Gasteiger partial charge on any atom is -0.369 e. The van der Waals surface area contributed by atoms with Crippen LogP contribution in [0, 0.1) is 23.2 Å². The summed E-state index contributed by atoms with van der Waals surface area (Å²) < 4.78 is 39.0. The fourth-order valence-corrected chi connectivity index (χ4v) is 6.11. The summed E-state index contributed by atoms with van der Waals surface area (Å²) in [5.41, 5.74) is 5.97. The van der Waals surface area contributed by atoms with Gasteiger partial charge in [0, 0.05) is 6.42 Å². The Balaban J connectivity index is 1.74. The molecule has 1 aromatic carbocycles. The quantitative estimate of drug-likeness (QED) is 0.903. The number of rotatable bonds is 3. The van der Waals surface area contributed by atoms with E-state index in [4.69, 9.17) is 5.73 Å². The first-order chi connectivity index (χ1) is 10.8.